The predicted octanol–water partition coefficient (Wildman–Crippen LogP) is 0.278. The van der Waals surface area contributed by atoms with Gasteiger partial charge in [-0.3, -0.25) is 9.48 Å². The van der Waals surface area contributed by atoms with Crippen molar-refractivity contribution < 1.29 is 9.53 Å². The van der Waals surface area contributed by atoms with Crippen LogP contribution in [-0.2, 0) is 14.1 Å². The molecule has 112 valence electrons. The Morgan fingerprint density at radius 3 is 2.90 bits per heavy atom. The minimum absolute atomic E-state index is 0.00685. The zero-order chi connectivity index (χ0) is 14.8. The Labute approximate surface area is 122 Å². The van der Waals surface area contributed by atoms with Crippen LogP contribution in [0, 0.1) is 0 Å². The highest BCUT2D eigenvalue weighted by molar-refractivity contribution is 5.92. The molecule has 0 aromatic carbocycles. The molecular formula is C13H18N6O2. The van der Waals surface area contributed by atoms with E-state index >= 15 is 0 Å². The van der Waals surface area contributed by atoms with Crippen LogP contribution in [0.5, 0.6) is 5.75 Å². The lowest BCUT2D eigenvalue weighted by Crippen LogP contribution is -2.43. The summed E-state index contributed by atoms with van der Waals surface area (Å²) in [4.78, 5) is 12.2. The molecule has 2 heterocycles. The predicted molar refractivity (Wildman–Crippen MR) is 73.7 cm³/mol. The van der Waals surface area contributed by atoms with Gasteiger partial charge in [0.25, 0.3) is 5.91 Å². The van der Waals surface area contributed by atoms with Gasteiger partial charge in [0.05, 0.1) is 24.6 Å². The van der Waals surface area contributed by atoms with Crippen molar-refractivity contribution in [1.82, 2.24) is 30.1 Å². The quantitative estimate of drug-likeness (QED) is 0.874. The second kappa shape index (κ2) is 5.55. The molecule has 2 aromatic rings. The van der Waals surface area contributed by atoms with Gasteiger partial charge in [-0.1, -0.05) is 5.21 Å². The molecule has 2 aromatic heterocycles. The van der Waals surface area contributed by atoms with E-state index in [0.29, 0.717) is 5.69 Å². The lowest BCUT2D eigenvalue weighted by atomic mass is 10.2. The van der Waals surface area contributed by atoms with Gasteiger partial charge in [0, 0.05) is 14.1 Å². The first-order valence-corrected chi connectivity index (χ1v) is 6.94. The lowest BCUT2D eigenvalue weighted by Gasteiger charge is -2.21. The third-order valence-corrected chi connectivity index (χ3v) is 3.68. The molecule has 1 fully saturated rings. The van der Waals surface area contributed by atoms with Crippen LogP contribution in [-0.4, -0.2) is 42.8 Å². The van der Waals surface area contributed by atoms with Crippen molar-refractivity contribution >= 4 is 5.91 Å². The van der Waals surface area contributed by atoms with Gasteiger partial charge in [-0.2, -0.15) is 5.10 Å². The Morgan fingerprint density at radius 2 is 2.24 bits per heavy atom. The lowest BCUT2D eigenvalue weighted by molar-refractivity contribution is 0.0884. The highest BCUT2D eigenvalue weighted by atomic mass is 16.5. The maximum atomic E-state index is 12.2. The van der Waals surface area contributed by atoms with Crippen molar-refractivity contribution in [2.24, 2.45) is 14.1 Å². The number of rotatable bonds is 4. The Hall–Kier alpha value is -2.38. The minimum Gasteiger partial charge on any atom is -0.485 e. The van der Waals surface area contributed by atoms with E-state index in [0.717, 1.165) is 25.0 Å². The molecule has 0 saturated heterocycles. The van der Waals surface area contributed by atoms with Crippen LogP contribution >= 0.6 is 0 Å². The van der Waals surface area contributed by atoms with Crippen molar-refractivity contribution in [2.75, 3.05) is 0 Å². The van der Waals surface area contributed by atoms with E-state index in [9.17, 15) is 4.79 Å². The number of aryl methyl sites for hydroxylation is 2. The van der Waals surface area contributed by atoms with Crippen molar-refractivity contribution in [1.29, 1.82) is 0 Å². The molecule has 1 saturated carbocycles. The summed E-state index contributed by atoms with van der Waals surface area (Å²) in [5.74, 6) is 0.556. The van der Waals surface area contributed by atoms with Gasteiger partial charge in [-0.15, -0.1) is 5.10 Å². The summed E-state index contributed by atoms with van der Waals surface area (Å²) in [5.41, 5.74) is 0.446. The first-order chi connectivity index (χ1) is 10.1. The molecule has 0 aliphatic heterocycles. The van der Waals surface area contributed by atoms with Crippen LogP contribution in [0.1, 0.15) is 29.8 Å². The van der Waals surface area contributed by atoms with Crippen LogP contribution in [0.3, 0.4) is 0 Å². The summed E-state index contributed by atoms with van der Waals surface area (Å²) >= 11 is 0. The molecule has 8 heteroatoms. The fraction of sp³-hybridized carbons (Fsp3) is 0.538. The summed E-state index contributed by atoms with van der Waals surface area (Å²) < 4.78 is 9.07. The van der Waals surface area contributed by atoms with E-state index in [1.165, 1.54) is 10.9 Å². The molecule has 3 rings (SSSR count). The molecule has 1 N–H and O–H groups in total. The Kier molecular flexibility index (Phi) is 3.59. The van der Waals surface area contributed by atoms with Crippen molar-refractivity contribution in [3.63, 3.8) is 0 Å². The number of ether oxygens (including phenoxy) is 1. The number of hydrogen-bond donors (Lipinski definition) is 1. The highest BCUT2D eigenvalue weighted by Gasteiger charge is 2.31. The minimum atomic E-state index is -0.172. The number of hydrogen-bond acceptors (Lipinski definition) is 5. The molecule has 0 radical (unpaired) electrons. The Balaban J connectivity index is 1.64. The fourth-order valence-corrected chi connectivity index (χ4v) is 2.60. The molecule has 8 nitrogen and oxygen atoms in total. The maximum Gasteiger partial charge on any atom is 0.271 e. The average Bonchev–Trinajstić information content (AvgIpc) is 3.14. The molecule has 1 amide bonds. The molecular weight excluding hydrogens is 272 g/mol. The van der Waals surface area contributed by atoms with E-state index in [1.54, 1.807) is 17.9 Å². The first-order valence-electron chi connectivity index (χ1n) is 6.94. The van der Waals surface area contributed by atoms with E-state index in [4.69, 9.17) is 4.74 Å². The number of aromatic nitrogens is 5. The molecule has 0 bridgehead atoms. The molecule has 1 aliphatic carbocycles. The van der Waals surface area contributed by atoms with E-state index in [2.05, 4.69) is 20.7 Å². The Morgan fingerprint density at radius 1 is 1.38 bits per heavy atom. The van der Waals surface area contributed by atoms with Crippen molar-refractivity contribution in [3.05, 3.63) is 24.3 Å². The number of nitrogens with zero attached hydrogens (tertiary/aromatic N) is 5. The van der Waals surface area contributed by atoms with Gasteiger partial charge in [0.15, 0.2) is 5.75 Å². The maximum absolute atomic E-state index is 12.2. The number of nitrogens with one attached hydrogen (secondary N) is 1. The van der Waals surface area contributed by atoms with Crippen LogP contribution < -0.4 is 10.1 Å². The fourth-order valence-electron chi connectivity index (χ4n) is 2.60. The zero-order valence-corrected chi connectivity index (χ0v) is 12.1. The number of carbonyl (C=O) groups is 1. The van der Waals surface area contributed by atoms with Crippen molar-refractivity contribution in [3.8, 4) is 5.75 Å². The van der Waals surface area contributed by atoms with Gasteiger partial charge >= 0.3 is 0 Å². The molecule has 0 spiro atoms. The second-order valence-corrected chi connectivity index (χ2v) is 5.26. The summed E-state index contributed by atoms with van der Waals surface area (Å²) in [7, 11) is 3.54. The van der Waals surface area contributed by atoms with Crippen LogP contribution in [0.2, 0.25) is 0 Å². The van der Waals surface area contributed by atoms with Gasteiger partial charge in [0.1, 0.15) is 11.8 Å². The van der Waals surface area contributed by atoms with E-state index < -0.39 is 0 Å². The first kappa shape index (κ1) is 13.6. The third kappa shape index (κ3) is 2.88. The van der Waals surface area contributed by atoms with Crippen molar-refractivity contribution in [2.45, 2.75) is 31.4 Å². The standard InChI is InChI=1S/C13H18N6O2/c1-18-8-9(6-15-18)21-12-5-3-4-10(12)16-13(20)11-7-14-17-19(11)2/h6-8,10,12H,3-5H2,1-2H3,(H,16,20)/t10-,12+/m0/s1. The second-order valence-electron chi connectivity index (χ2n) is 5.26. The highest BCUT2D eigenvalue weighted by Crippen LogP contribution is 2.24. The van der Waals surface area contributed by atoms with E-state index in [1.807, 2.05) is 13.2 Å². The monoisotopic (exact) mass is 290 g/mol. The van der Waals surface area contributed by atoms with Gasteiger partial charge in [-0.25, -0.2) is 4.68 Å². The number of carbonyl (C=O) groups excluding carboxylic acids is 1. The normalized spacial score (nSPS) is 21.4. The molecule has 0 unspecified atom stereocenters. The largest absolute Gasteiger partial charge is 0.485 e. The average molecular weight is 290 g/mol. The van der Waals surface area contributed by atoms with Gasteiger partial charge < -0.3 is 10.1 Å². The SMILES string of the molecule is Cn1cc(O[C@@H]2CCC[C@@H]2NC(=O)c2cnnn2C)cn1. The van der Waals surface area contributed by atoms with Crippen LogP contribution in [0.15, 0.2) is 18.6 Å². The molecule has 1 aliphatic rings. The van der Waals surface area contributed by atoms with Gasteiger partial charge in [0.2, 0.25) is 0 Å². The summed E-state index contributed by atoms with van der Waals surface area (Å²) in [6.07, 6.45) is 7.79. The topological polar surface area (TPSA) is 86.9 Å². The van der Waals surface area contributed by atoms with E-state index in [-0.39, 0.29) is 18.1 Å². The Bertz CT molecular complexity index is 634. The third-order valence-electron chi connectivity index (χ3n) is 3.68. The van der Waals surface area contributed by atoms with Crippen LogP contribution in [0.25, 0.3) is 0 Å². The van der Waals surface area contributed by atoms with Crippen LogP contribution in [0.4, 0.5) is 0 Å². The molecule has 21 heavy (non-hydrogen) atoms. The zero-order valence-electron chi connectivity index (χ0n) is 12.1. The summed E-state index contributed by atoms with van der Waals surface area (Å²) in [6, 6.07) is -0.00685. The van der Waals surface area contributed by atoms with Gasteiger partial charge in [-0.05, 0) is 19.3 Å². The smallest absolute Gasteiger partial charge is 0.271 e. The summed E-state index contributed by atoms with van der Waals surface area (Å²) in [5, 5.41) is 14.6. The molecule has 2 atom stereocenters. The summed E-state index contributed by atoms with van der Waals surface area (Å²) in [6.45, 7) is 0. The number of amides is 1.